The van der Waals surface area contributed by atoms with Crippen LogP contribution in [0, 0.1) is 0 Å². The van der Waals surface area contributed by atoms with E-state index in [-0.39, 0.29) is 6.10 Å². The van der Waals surface area contributed by atoms with Crippen molar-refractivity contribution in [1.82, 2.24) is 14.7 Å². The fraction of sp³-hybridized carbons (Fsp3) is 0.786. The fourth-order valence-electron chi connectivity index (χ4n) is 2.69. The molecular weight excluding hydrogens is 258 g/mol. The molecule has 114 valence electrons. The summed E-state index contributed by atoms with van der Waals surface area (Å²) >= 11 is 0. The second kappa shape index (κ2) is 6.11. The maximum Gasteiger partial charge on any atom is 0.162 e. The molecule has 6 heteroatoms. The normalized spacial score (nSPS) is 25.8. The van der Waals surface area contributed by atoms with E-state index in [1.54, 1.807) is 13.3 Å². The van der Waals surface area contributed by atoms with Crippen molar-refractivity contribution in [2.75, 3.05) is 34.4 Å². The van der Waals surface area contributed by atoms with E-state index < -0.39 is 5.60 Å². The zero-order valence-corrected chi connectivity index (χ0v) is 12.8. The van der Waals surface area contributed by atoms with Gasteiger partial charge in [-0.05, 0) is 21.0 Å². The number of methoxy groups -OCH3 is 1. The zero-order valence-electron chi connectivity index (χ0n) is 12.8. The van der Waals surface area contributed by atoms with Crippen LogP contribution in [0.1, 0.15) is 25.5 Å². The summed E-state index contributed by atoms with van der Waals surface area (Å²) in [6.45, 7) is 4.24. The topological polar surface area (TPSA) is 59.8 Å². The van der Waals surface area contributed by atoms with Crippen LogP contribution in [0.2, 0.25) is 0 Å². The summed E-state index contributed by atoms with van der Waals surface area (Å²) in [5.74, 6) is 0.654. The van der Waals surface area contributed by atoms with E-state index in [1.165, 1.54) is 0 Å². The first-order valence-corrected chi connectivity index (χ1v) is 7.09. The van der Waals surface area contributed by atoms with E-state index in [4.69, 9.17) is 9.47 Å². The van der Waals surface area contributed by atoms with Gasteiger partial charge in [0.15, 0.2) is 5.75 Å². The average molecular weight is 283 g/mol. The Kier molecular flexibility index (Phi) is 4.67. The number of hydrogen-bond acceptors (Lipinski definition) is 5. The molecule has 0 amide bonds. The van der Waals surface area contributed by atoms with Gasteiger partial charge in [0.25, 0.3) is 0 Å². The van der Waals surface area contributed by atoms with E-state index in [9.17, 15) is 5.11 Å². The standard InChI is InChI=1S/C14H25N3O3/c1-5-20-11-8-14(18,9-11)13-12(19-4)10-15-17(13)7-6-16(2)3/h10-11,18H,5-9H2,1-4H3. The van der Waals surface area contributed by atoms with Gasteiger partial charge in [-0.15, -0.1) is 0 Å². The van der Waals surface area contributed by atoms with E-state index in [0.717, 1.165) is 18.8 Å². The van der Waals surface area contributed by atoms with E-state index in [1.807, 2.05) is 25.7 Å². The Morgan fingerprint density at radius 1 is 1.50 bits per heavy atom. The zero-order chi connectivity index (χ0) is 14.8. The van der Waals surface area contributed by atoms with Gasteiger partial charge in [-0.2, -0.15) is 5.10 Å². The monoisotopic (exact) mass is 283 g/mol. The third-order valence-electron chi connectivity index (χ3n) is 3.76. The minimum atomic E-state index is -0.881. The highest BCUT2D eigenvalue weighted by Gasteiger charge is 2.48. The Bertz CT molecular complexity index is 439. The Balaban J connectivity index is 2.15. The van der Waals surface area contributed by atoms with Crippen molar-refractivity contribution < 1.29 is 14.6 Å². The van der Waals surface area contributed by atoms with Crippen molar-refractivity contribution in [3.8, 4) is 5.75 Å². The molecule has 0 aromatic carbocycles. The first-order chi connectivity index (χ1) is 9.50. The summed E-state index contributed by atoms with van der Waals surface area (Å²) in [6, 6.07) is 0. The number of ether oxygens (including phenoxy) is 2. The van der Waals surface area contributed by atoms with E-state index in [0.29, 0.717) is 25.2 Å². The lowest BCUT2D eigenvalue weighted by Crippen LogP contribution is -2.47. The first kappa shape index (κ1) is 15.3. The summed E-state index contributed by atoms with van der Waals surface area (Å²) in [5.41, 5.74) is -0.105. The van der Waals surface area contributed by atoms with Crippen LogP contribution in [0.4, 0.5) is 0 Å². The quantitative estimate of drug-likeness (QED) is 0.803. The Hall–Kier alpha value is -1.11. The third kappa shape index (κ3) is 2.97. The second-order valence-corrected chi connectivity index (χ2v) is 5.61. The maximum atomic E-state index is 10.8. The van der Waals surface area contributed by atoms with Crippen LogP contribution in [0.15, 0.2) is 6.20 Å². The fourth-order valence-corrected chi connectivity index (χ4v) is 2.69. The molecule has 0 saturated heterocycles. The number of likely N-dealkylation sites (N-methyl/N-ethyl adjacent to an activating group) is 1. The molecule has 1 saturated carbocycles. The van der Waals surface area contributed by atoms with E-state index >= 15 is 0 Å². The molecule has 1 fully saturated rings. The van der Waals surface area contributed by atoms with E-state index in [2.05, 4.69) is 10.00 Å². The van der Waals surface area contributed by atoms with Gasteiger partial charge >= 0.3 is 0 Å². The lowest BCUT2D eigenvalue weighted by molar-refractivity contribution is -0.147. The third-order valence-corrected chi connectivity index (χ3v) is 3.76. The largest absolute Gasteiger partial charge is 0.493 e. The molecule has 1 N–H and O–H groups in total. The lowest BCUT2D eigenvalue weighted by Gasteiger charge is -2.43. The molecule has 20 heavy (non-hydrogen) atoms. The van der Waals surface area contributed by atoms with Gasteiger partial charge in [-0.25, -0.2) is 0 Å². The van der Waals surface area contributed by atoms with Gasteiger partial charge in [0.1, 0.15) is 11.3 Å². The van der Waals surface area contributed by atoms with Gasteiger partial charge < -0.3 is 19.5 Å². The molecule has 1 aromatic rings. The number of rotatable bonds is 7. The average Bonchev–Trinajstić information content (AvgIpc) is 2.78. The minimum Gasteiger partial charge on any atom is -0.493 e. The van der Waals surface area contributed by atoms with Crippen LogP contribution in [0.25, 0.3) is 0 Å². The Morgan fingerprint density at radius 3 is 2.75 bits per heavy atom. The Morgan fingerprint density at radius 2 is 2.20 bits per heavy atom. The number of aliphatic hydroxyl groups is 1. The molecule has 1 aliphatic carbocycles. The van der Waals surface area contributed by atoms with Gasteiger partial charge in [0.2, 0.25) is 0 Å². The highest BCUT2D eigenvalue weighted by atomic mass is 16.5. The van der Waals surface area contributed by atoms with Crippen LogP contribution >= 0.6 is 0 Å². The van der Waals surface area contributed by atoms with Crippen LogP contribution in [-0.2, 0) is 16.9 Å². The molecule has 0 spiro atoms. The highest BCUT2D eigenvalue weighted by Crippen LogP contribution is 2.46. The first-order valence-electron chi connectivity index (χ1n) is 7.09. The Labute approximate surface area is 120 Å². The number of hydrogen-bond donors (Lipinski definition) is 1. The molecule has 0 bridgehead atoms. The van der Waals surface area contributed by atoms with Gasteiger partial charge in [0.05, 0.1) is 26.0 Å². The molecule has 0 atom stereocenters. The predicted molar refractivity (Wildman–Crippen MR) is 75.9 cm³/mol. The summed E-state index contributed by atoms with van der Waals surface area (Å²) in [4.78, 5) is 2.09. The van der Waals surface area contributed by atoms with Crippen molar-refractivity contribution in [2.45, 2.75) is 38.0 Å². The smallest absolute Gasteiger partial charge is 0.162 e. The van der Waals surface area contributed by atoms with Crippen LogP contribution in [0.5, 0.6) is 5.75 Å². The summed E-state index contributed by atoms with van der Waals surface area (Å²) in [5, 5.41) is 15.1. The van der Waals surface area contributed by atoms with Crippen LogP contribution < -0.4 is 4.74 Å². The van der Waals surface area contributed by atoms with Gasteiger partial charge in [-0.1, -0.05) is 0 Å². The molecular formula is C14H25N3O3. The second-order valence-electron chi connectivity index (χ2n) is 5.61. The molecule has 0 aliphatic heterocycles. The van der Waals surface area contributed by atoms with Gasteiger partial charge in [0, 0.05) is 26.0 Å². The predicted octanol–water partition coefficient (Wildman–Crippen LogP) is 0.840. The maximum absolute atomic E-state index is 10.8. The van der Waals surface area contributed by atoms with Crippen molar-refractivity contribution in [3.63, 3.8) is 0 Å². The van der Waals surface area contributed by atoms with Crippen LogP contribution in [-0.4, -0.2) is 60.2 Å². The molecule has 1 aromatic heterocycles. The highest BCUT2D eigenvalue weighted by molar-refractivity contribution is 5.33. The summed E-state index contributed by atoms with van der Waals surface area (Å²) in [7, 11) is 5.64. The molecule has 2 rings (SSSR count). The number of aromatic nitrogens is 2. The van der Waals surface area contributed by atoms with Crippen molar-refractivity contribution in [1.29, 1.82) is 0 Å². The van der Waals surface area contributed by atoms with Gasteiger partial charge in [-0.3, -0.25) is 4.68 Å². The number of nitrogens with zero attached hydrogens (tertiary/aromatic N) is 3. The summed E-state index contributed by atoms with van der Waals surface area (Å²) < 4.78 is 12.7. The minimum absolute atomic E-state index is 0.131. The SMILES string of the molecule is CCOC1CC(O)(c2c(OC)cnn2CCN(C)C)C1. The molecule has 0 radical (unpaired) electrons. The summed E-state index contributed by atoms with van der Waals surface area (Å²) in [6.07, 6.45) is 3.01. The van der Waals surface area contributed by atoms with Crippen LogP contribution in [0.3, 0.4) is 0 Å². The molecule has 1 aliphatic rings. The molecule has 1 heterocycles. The van der Waals surface area contributed by atoms with Crippen molar-refractivity contribution in [2.24, 2.45) is 0 Å². The van der Waals surface area contributed by atoms with Crippen molar-refractivity contribution >= 4 is 0 Å². The molecule has 0 unspecified atom stereocenters. The molecule has 6 nitrogen and oxygen atoms in total. The van der Waals surface area contributed by atoms with Crippen molar-refractivity contribution in [3.05, 3.63) is 11.9 Å². The lowest BCUT2D eigenvalue weighted by atomic mass is 9.74.